The number of hydrogen-bond acceptors (Lipinski definition) is 3. The maximum Gasteiger partial charge on any atom is 0.411 e. The molecule has 0 heterocycles. The van der Waals surface area contributed by atoms with E-state index in [0.29, 0.717) is 0 Å². The summed E-state index contributed by atoms with van der Waals surface area (Å²) in [5.41, 5.74) is 1.68. The molecule has 0 aromatic heterocycles. The number of anilines is 1. The maximum atomic E-state index is 11.9. The number of carbonyl (C=O) groups excluding carboxylic acids is 1. The van der Waals surface area contributed by atoms with E-state index in [0.717, 1.165) is 33.1 Å². The van der Waals surface area contributed by atoms with Crippen molar-refractivity contribution in [3.63, 3.8) is 0 Å². The van der Waals surface area contributed by atoms with Crippen LogP contribution in [0.4, 0.5) is 10.5 Å². The van der Waals surface area contributed by atoms with Crippen LogP contribution in [-0.2, 0) is 11.3 Å². The van der Waals surface area contributed by atoms with Gasteiger partial charge in [-0.05, 0) is 65.1 Å². The monoisotopic (exact) mass is 423 g/mol. The van der Waals surface area contributed by atoms with E-state index in [1.807, 2.05) is 48.5 Å². The van der Waals surface area contributed by atoms with E-state index in [1.165, 1.54) is 12.8 Å². The average Bonchev–Trinajstić information content (AvgIpc) is 3.39. The third-order valence-corrected chi connectivity index (χ3v) is 4.47. The molecule has 0 atom stereocenters. The van der Waals surface area contributed by atoms with Crippen LogP contribution >= 0.6 is 22.6 Å². The Kier molecular flexibility index (Phi) is 5.38. The molecule has 1 aliphatic rings. The zero-order valence-corrected chi connectivity index (χ0v) is 14.8. The summed E-state index contributed by atoms with van der Waals surface area (Å²) in [6, 6.07) is 15.2. The van der Waals surface area contributed by atoms with Gasteiger partial charge in [0.05, 0.1) is 12.3 Å². The molecule has 3 rings (SSSR count). The summed E-state index contributed by atoms with van der Waals surface area (Å²) >= 11 is 2.18. The smallest absolute Gasteiger partial charge is 0.411 e. The molecule has 120 valence electrons. The van der Waals surface area contributed by atoms with Crippen LogP contribution in [0.2, 0.25) is 0 Å². The van der Waals surface area contributed by atoms with E-state index >= 15 is 0 Å². The molecule has 1 saturated carbocycles. The molecule has 0 saturated heterocycles. The van der Waals surface area contributed by atoms with Crippen LogP contribution in [0.3, 0.4) is 0 Å². The first-order valence-corrected chi connectivity index (χ1v) is 8.68. The van der Waals surface area contributed by atoms with E-state index < -0.39 is 6.09 Å². The molecule has 1 amide bonds. The number of rotatable bonds is 6. The van der Waals surface area contributed by atoms with Crippen LogP contribution in [0, 0.1) is 9.49 Å². The van der Waals surface area contributed by atoms with Crippen molar-refractivity contribution in [3.8, 4) is 5.75 Å². The minimum atomic E-state index is -0.460. The van der Waals surface area contributed by atoms with E-state index in [9.17, 15) is 4.79 Å². The van der Waals surface area contributed by atoms with Crippen molar-refractivity contribution in [3.05, 3.63) is 57.7 Å². The number of nitrogens with one attached hydrogen (secondary N) is 1. The van der Waals surface area contributed by atoms with Gasteiger partial charge in [0, 0.05) is 3.57 Å². The van der Waals surface area contributed by atoms with E-state index in [4.69, 9.17) is 9.47 Å². The first kappa shape index (κ1) is 16.1. The topological polar surface area (TPSA) is 47.6 Å². The zero-order valence-electron chi connectivity index (χ0n) is 12.6. The minimum Gasteiger partial charge on any atom is -0.493 e. The standard InChI is InChI=1S/C18H18INO3/c19-16-10-15(22-11-14-6-7-14)8-9-17(16)20-18(21)23-12-13-4-2-1-3-5-13/h1-5,8-10,14H,6-7,11-12H2,(H,20,21). The van der Waals surface area contributed by atoms with E-state index in [-0.39, 0.29) is 6.61 Å². The zero-order chi connectivity index (χ0) is 16.1. The normalized spacial score (nSPS) is 13.4. The fraction of sp³-hybridized carbons (Fsp3) is 0.278. The average molecular weight is 423 g/mol. The lowest BCUT2D eigenvalue weighted by Gasteiger charge is -2.11. The fourth-order valence-electron chi connectivity index (χ4n) is 2.05. The predicted molar refractivity (Wildman–Crippen MR) is 97.6 cm³/mol. The molecule has 1 N–H and O–H groups in total. The number of amides is 1. The van der Waals surface area contributed by atoms with Gasteiger partial charge in [0.1, 0.15) is 12.4 Å². The highest BCUT2D eigenvalue weighted by Crippen LogP contribution is 2.30. The summed E-state index contributed by atoms with van der Waals surface area (Å²) < 4.78 is 11.9. The Morgan fingerprint density at radius 3 is 2.65 bits per heavy atom. The molecule has 4 nitrogen and oxygen atoms in total. The van der Waals surface area contributed by atoms with Gasteiger partial charge in [-0.15, -0.1) is 0 Å². The van der Waals surface area contributed by atoms with Gasteiger partial charge in [0.15, 0.2) is 0 Å². The van der Waals surface area contributed by atoms with Crippen LogP contribution in [0.25, 0.3) is 0 Å². The summed E-state index contributed by atoms with van der Waals surface area (Å²) in [6.07, 6.45) is 2.08. The van der Waals surface area contributed by atoms with Crippen LogP contribution < -0.4 is 10.1 Å². The van der Waals surface area contributed by atoms with Crippen molar-refractivity contribution in [2.45, 2.75) is 19.4 Å². The van der Waals surface area contributed by atoms with Crippen molar-refractivity contribution in [2.75, 3.05) is 11.9 Å². The summed E-state index contributed by atoms with van der Waals surface area (Å²) in [6.45, 7) is 1.04. The SMILES string of the molecule is O=C(Nc1ccc(OCC2CC2)cc1I)OCc1ccccc1. The van der Waals surface area contributed by atoms with Crippen LogP contribution in [0.1, 0.15) is 18.4 Å². The molecule has 5 heteroatoms. The van der Waals surface area contributed by atoms with Crippen molar-refractivity contribution in [2.24, 2.45) is 5.92 Å². The number of carbonyl (C=O) groups is 1. The Balaban J connectivity index is 1.51. The van der Waals surface area contributed by atoms with Gasteiger partial charge in [-0.2, -0.15) is 0 Å². The number of halogens is 1. The van der Waals surface area contributed by atoms with Crippen LogP contribution in [-0.4, -0.2) is 12.7 Å². The van der Waals surface area contributed by atoms with Crippen LogP contribution in [0.5, 0.6) is 5.75 Å². The Labute approximate surface area is 149 Å². The Hall–Kier alpha value is -1.76. The third-order valence-electron chi connectivity index (χ3n) is 3.57. The summed E-state index contributed by atoms with van der Waals surface area (Å²) in [7, 11) is 0. The fourth-order valence-corrected chi connectivity index (χ4v) is 2.68. The quantitative estimate of drug-likeness (QED) is 0.678. The van der Waals surface area contributed by atoms with Crippen molar-refractivity contribution in [1.82, 2.24) is 0 Å². The molecule has 0 bridgehead atoms. The predicted octanol–water partition coefficient (Wildman–Crippen LogP) is 4.83. The second kappa shape index (κ2) is 7.68. The van der Waals surface area contributed by atoms with Crippen molar-refractivity contribution < 1.29 is 14.3 Å². The van der Waals surface area contributed by atoms with Gasteiger partial charge in [0.25, 0.3) is 0 Å². The second-order valence-electron chi connectivity index (χ2n) is 5.58. The minimum absolute atomic E-state index is 0.256. The molecule has 1 fully saturated rings. The van der Waals surface area contributed by atoms with Gasteiger partial charge in [0.2, 0.25) is 0 Å². The molecule has 23 heavy (non-hydrogen) atoms. The highest BCUT2D eigenvalue weighted by Gasteiger charge is 2.22. The van der Waals surface area contributed by atoms with E-state index in [1.54, 1.807) is 0 Å². The number of ether oxygens (including phenoxy) is 2. The first-order valence-electron chi connectivity index (χ1n) is 7.61. The molecule has 0 aliphatic heterocycles. The number of hydrogen-bond donors (Lipinski definition) is 1. The maximum absolute atomic E-state index is 11.9. The molecule has 0 unspecified atom stereocenters. The molecular formula is C18H18INO3. The molecule has 0 radical (unpaired) electrons. The van der Waals surface area contributed by atoms with Crippen molar-refractivity contribution >= 4 is 34.4 Å². The summed E-state index contributed by atoms with van der Waals surface area (Å²) in [5, 5.41) is 2.76. The Morgan fingerprint density at radius 1 is 1.17 bits per heavy atom. The summed E-state index contributed by atoms with van der Waals surface area (Å²) in [5.74, 6) is 1.56. The Morgan fingerprint density at radius 2 is 1.96 bits per heavy atom. The van der Waals surface area contributed by atoms with Gasteiger partial charge < -0.3 is 9.47 Å². The second-order valence-corrected chi connectivity index (χ2v) is 6.74. The van der Waals surface area contributed by atoms with Crippen molar-refractivity contribution in [1.29, 1.82) is 0 Å². The molecular weight excluding hydrogens is 405 g/mol. The first-order chi connectivity index (χ1) is 11.2. The lowest BCUT2D eigenvalue weighted by Crippen LogP contribution is -2.14. The van der Waals surface area contributed by atoms with Gasteiger partial charge >= 0.3 is 6.09 Å². The van der Waals surface area contributed by atoms with Crippen LogP contribution in [0.15, 0.2) is 48.5 Å². The highest BCUT2D eigenvalue weighted by molar-refractivity contribution is 14.1. The van der Waals surface area contributed by atoms with E-state index in [2.05, 4.69) is 27.9 Å². The van der Waals surface area contributed by atoms with Gasteiger partial charge in [-0.1, -0.05) is 30.3 Å². The largest absolute Gasteiger partial charge is 0.493 e. The number of benzene rings is 2. The lowest BCUT2D eigenvalue weighted by atomic mass is 10.2. The van der Waals surface area contributed by atoms with Gasteiger partial charge in [-0.25, -0.2) is 4.79 Å². The highest BCUT2D eigenvalue weighted by atomic mass is 127. The van der Waals surface area contributed by atoms with Gasteiger partial charge in [-0.3, -0.25) is 5.32 Å². The Bertz CT molecular complexity index is 671. The lowest BCUT2D eigenvalue weighted by molar-refractivity contribution is 0.155. The summed E-state index contributed by atoms with van der Waals surface area (Å²) in [4.78, 5) is 11.9. The molecule has 0 spiro atoms. The molecule has 1 aliphatic carbocycles. The molecule has 2 aromatic rings. The molecule has 2 aromatic carbocycles. The third kappa shape index (κ3) is 5.13.